The number of amides is 2. The van der Waals surface area contributed by atoms with Gasteiger partial charge in [-0.3, -0.25) is 9.59 Å². The van der Waals surface area contributed by atoms with Gasteiger partial charge in [0, 0.05) is 18.4 Å². The molecule has 1 aliphatic rings. The molecule has 0 saturated carbocycles. The van der Waals surface area contributed by atoms with Crippen LogP contribution < -0.4 is 5.32 Å². The van der Waals surface area contributed by atoms with E-state index in [-0.39, 0.29) is 17.7 Å². The zero-order valence-corrected chi connectivity index (χ0v) is 15.7. The zero-order valence-electron chi connectivity index (χ0n) is 14.9. The van der Waals surface area contributed by atoms with Crippen LogP contribution in [0.5, 0.6) is 0 Å². The lowest BCUT2D eigenvalue weighted by Gasteiger charge is -2.29. The van der Waals surface area contributed by atoms with Crippen LogP contribution in [0.1, 0.15) is 26.7 Å². The lowest BCUT2D eigenvalue weighted by molar-refractivity contribution is -0.136. The average Bonchev–Trinajstić information content (AvgIpc) is 3.21. The van der Waals surface area contributed by atoms with Gasteiger partial charge >= 0.3 is 0 Å². The van der Waals surface area contributed by atoms with Crippen molar-refractivity contribution in [1.29, 1.82) is 0 Å². The Morgan fingerprint density at radius 1 is 1.23 bits per heavy atom. The summed E-state index contributed by atoms with van der Waals surface area (Å²) in [4.78, 5) is 31.3. The topological polar surface area (TPSA) is 62.3 Å². The predicted molar refractivity (Wildman–Crippen MR) is 105 cm³/mol. The van der Waals surface area contributed by atoms with Crippen LogP contribution in [0.4, 0.5) is 5.13 Å². The first-order valence-corrected chi connectivity index (χ1v) is 9.75. The molecule has 0 spiro atoms. The number of aromatic nitrogens is 1. The van der Waals surface area contributed by atoms with Crippen molar-refractivity contribution in [2.75, 3.05) is 11.9 Å². The Morgan fingerprint density at radius 3 is 2.77 bits per heavy atom. The maximum atomic E-state index is 12.9. The van der Waals surface area contributed by atoms with Gasteiger partial charge in [-0.15, -0.1) is 0 Å². The molecule has 0 unspecified atom stereocenters. The molecule has 2 heterocycles. The minimum Gasteiger partial charge on any atom is -0.330 e. The van der Waals surface area contributed by atoms with Crippen LogP contribution in [0.2, 0.25) is 0 Å². The van der Waals surface area contributed by atoms with Crippen LogP contribution in [-0.4, -0.2) is 34.3 Å². The Bertz CT molecular complexity index is 995. The molecule has 134 valence electrons. The molecule has 4 rings (SSSR count). The molecule has 6 heteroatoms. The number of anilines is 1. The van der Waals surface area contributed by atoms with E-state index in [9.17, 15) is 9.59 Å². The fourth-order valence-corrected chi connectivity index (χ4v) is 4.55. The molecule has 0 bridgehead atoms. The van der Waals surface area contributed by atoms with Crippen molar-refractivity contribution in [3.8, 4) is 0 Å². The van der Waals surface area contributed by atoms with Gasteiger partial charge in [-0.25, -0.2) is 4.98 Å². The number of likely N-dealkylation sites (tertiary alicyclic amines) is 1. The van der Waals surface area contributed by atoms with Crippen LogP contribution in [0.15, 0.2) is 36.4 Å². The molecule has 1 atom stereocenters. The monoisotopic (exact) mass is 367 g/mol. The number of hydrogen-bond donors (Lipinski definition) is 1. The fourth-order valence-electron chi connectivity index (χ4n) is 3.66. The molecule has 2 aromatic carbocycles. The predicted octanol–water partition coefficient (Wildman–Crippen LogP) is 4.04. The number of carbonyl (C=O) groups is 2. The van der Waals surface area contributed by atoms with E-state index in [1.165, 1.54) is 11.3 Å². The summed E-state index contributed by atoms with van der Waals surface area (Å²) in [5.41, 5.74) is 0.904. The molecular formula is C20H21N3O2S. The van der Waals surface area contributed by atoms with Crippen LogP contribution in [0, 0.1) is 5.92 Å². The highest BCUT2D eigenvalue weighted by molar-refractivity contribution is 7.22. The Balaban J connectivity index is 1.64. The normalized spacial score (nSPS) is 16.0. The maximum absolute atomic E-state index is 12.9. The third-order valence-electron chi connectivity index (χ3n) is 4.86. The van der Waals surface area contributed by atoms with Gasteiger partial charge in [0.1, 0.15) is 6.04 Å². The summed E-state index contributed by atoms with van der Waals surface area (Å²) in [6.07, 6.45) is 1.35. The van der Waals surface area contributed by atoms with Gasteiger partial charge in [0.2, 0.25) is 11.8 Å². The number of nitrogens with one attached hydrogen (secondary N) is 1. The minimum absolute atomic E-state index is 0.0484. The lowest BCUT2D eigenvalue weighted by atomic mass is 10.0. The molecule has 2 amide bonds. The second kappa shape index (κ2) is 6.68. The average molecular weight is 367 g/mol. The van der Waals surface area contributed by atoms with E-state index in [4.69, 9.17) is 0 Å². The molecule has 1 saturated heterocycles. The van der Waals surface area contributed by atoms with Gasteiger partial charge < -0.3 is 10.2 Å². The summed E-state index contributed by atoms with van der Waals surface area (Å²) < 4.78 is 1.04. The number of thiazole rings is 1. The third-order valence-corrected chi connectivity index (χ3v) is 5.80. The van der Waals surface area contributed by atoms with Crippen molar-refractivity contribution in [1.82, 2.24) is 9.88 Å². The summed E-state index contributed by atoms with van der Waals surface area (Å²) in [7, 11) is 0. The van der Waals surface area contributed by atoms with Crippen LogP contribution in [0.3, 0.4) is 0 Å². The standard InChI is InChI=1S/C20H21N3O2S/c1-12(2)18(23-11-5-8-16(23)24)19(25)22-20-21-17-14-7-4-3-6-13(14)9-10-15(17)26-20/h3-4,6-7,9-10,12,18H,5,8,11H2,1-2H3,(H,21,22,25)/t18-/m0/s1. The number of hydrogen-bond acceptors (Lipinski definition) is 4. The van der Waals surface area contributed by atoms with Gasteiger partial charge in [0.05, 0.1) is 10.2 Å². The molecule has 1 aliphatic heterocycles. The van der Waals surface area contributed by atoms with Crippen molar-refractivity contribution >= 4 is 49.3 Å². The highest BCUT2D eigenvalue weighted by atomic mass is 32.1. The Kier molecular flexibility index (Phi) is 4.36. The summed E-state index contributed by atoms with van der Waals surface area (Å²) in [6.45, 7) is 4.60. The summed E-state index contributed by atoms with van der Waals surface area (Å²) in [5.74, 6) is -0.0417. The van der Waals surface area contributed by atoms with E-state index in [1.807, 2.05) is 38.1 Å². The largest absolute Gasteiger partial charge is 0.330 e. The fraction of sp³-hybridized carbons (Fsp3) is 0.350. The molecule has 0 radical (unpaired) electrons. The molecule has 1 fully saturated rings. The SMILES string of the molecule is CC(C)[C@@H](C(=O)Nc1nc2c(ccc3ccccc32)s1)N1CCCC1=O. The highest BCUT2D eigenvalue weighted by Crippen LogP contribution is 2.32. The molecule has 1 aromatic heterocycles. The van der Waals surface area contributed by atoms with Crippen LogP contribution in [-0.2, 0) is 9.59 Å². The van der Waals surface area contributed by atoms with Crippen molar-refractivity contribution in [3.05, 3.63) is 36.4 Å². The van der Waals surface area contributed by atoms with Crippen LogP contribution in [0.25, 0.3) is 21.0 Å². The first kappa shape index (κ1) is 17.0. The van der Waals surface area contributed by atoms with Gasteiger partial charge in [0.25, 0.3) is 0 Å². The number of nitrogens with zero attached hydrogens (tertiary/aromatic N) is 2. The maximum Gasteiger partial charge on any atom is 0.249 e. The molecule has 26 heavy (non-hydrogen) atoms. The van der Waals surface area contributed by atoms with Crippen molar-refractivity contribution in [3.63, 3.8) is 0 Å². The number of benzene rings is 2. The first-order valence-electron chi connectivity index (χ1n) is 8.93. The van der Waals surface area contributed by atoms with E-state index >= 15 is 0 Å². The van der Waals surface area contributed by atoms with Crippen LogP contribution >= 0.6 is 11.3 Å². The summed E-state index contributed by atoms with van der Waals surface area (Å²) >= 11 is 1.47. The Hall–Kier alpha value is -2.47. The number of fused-ring (bicyclic) bond motifs is 3. The van der Waals surface area contributed by atoms with E-state index in [0.717, 1.165) is 27.4 Å². The Morgan fingerprint density at radius 2 is 2.04 bits per heavy atom. The zero-order chi connectivity index (χ0) is 18.3. The second-order valence-corrected chi connectivity index (χ2v) is 8.05. The van der Waals surface area contributed by atoms with Crippen molar-refractivity contribution in [2.45, 2.75) is 32.7 Å². The minimum atomic E-state index is -0.450. The van der Waals surface area contributed by atoms with Crippen molar-refractivity contribution < 1.29 is 9.59 Å². The molecule has 0 aliphatic carbocycles. The number of carbonyl (C=O) groups excluding carboxylic acids is 2. The Labute approximate surface area is 156 Å². The van der Waals surface area contributed by atoms with Gasteiger partial charge in [-0.05, 0) is 23.8 Å². The van der Waals surface area contributed by atoms with E-state index in [2.05, 4.69) is 22.4 Å². The summed E-state index contributed by atoms with van der Waals surface area (Å²) in [5, 5.41) is 5.74. The quantitative estimate of drug-likeness (QED) is 0.757. The number of rotatable bonds is 4. The first-order chi connectivity index (χ1) is 12.5. The second-order valence-electron chi connectivity index (χ2n) is 7.02. The molecule has 1 N–H and O–H groups in total. The van der Waals surface area contributed by atoms with Crippen molar-refractivity contribution in [2.24, 2.45) is 5.92 Å². The van der Waals surface area contributed by atoms with E-state index in [0.29, 0.717) is 18.1 Å². The molecule has 3 aromatic rings. The highest BCUT2D eigenvalue weighted by Gasteiger charge is 2.35. The third kappa shape index (κ3) is 2.94. The van der Waals surface area contributed by atoms with E-state index in [1.54, 1.807) is 4.90 Å². The van der Waals surface area contributed by atoms with Gasteiger partial charge in [-0.1, -0.05) is 55.5 Å². The lowest BCUT2D eigenvalue weighted by Crippen LogP contribution is -2.47. The molecular weight excluding hydrogens is 346 g/mol. The summed E-state index contributed by atoms with van der Waals surface area (Å²) in [6, 6.07) is 11.8. The van der Waals surface area contributed by atoms with E-state index < -0.39 is 6.04 Å². The van der Waals surface area contributed by atoms with Gasteiger partial charge in [0.15, 0.2) is 5.13 Å². The van der Waals surface area contributed by atoms with Gasteiger partial charge in [-0.2, -0.15) is 0 Å². The molecule has 5 nitrogen and oxygen atoms in total. The smallest absolute Gasteiger partial charge is 0.249 e.